The molecule has 3 heteroatoms. The van der Waals surface area contributed by atoms with E-state index in [2.05, 4.69) is 0 Å². The van der Waals surface area contributed by atoms with Crippen molar-refractivity contribution in [3.8, 4) is 0 Å². The summed E-state index contributed by atoms with van der Waals surface area (Å²) in [5.41, 5.74) is -1.12. The number of hydrogen-bond donors (Lipinski definition) is 0. The first-order chi connectivity index (χ1) is 8.09. The van der Waals surface area contributed by atoms with E-state index in [4.69, 9.17) is 4.74 Å². The van der Waals surface area contributed by atoms with E-state index in [9.17, 15) is 9.59 Å². The lowest BCUT2D eigenvalue weighted by molar-refractivity contribution is -0.153. The van der Waals surface area contributed by atoms with Gasteiger partial charge < -0.3 is 4.74 Å². The molecular weight excluding hydrogens is 216 g/mol. The highest BCUT2D eigenvalue weighted by Crippen LogP contribution is 2.57. The summed E-state index contributed by atoms with van der Waals surface area (Å²) < 4.78 is 5.73. The molecule has 1 saturated heterocycles. The predicted molar refractivity (Wildman–Crippen MR) is 62.4 cm³/mol. The van der Waals surface area contributed by atoms with Crippen molar-refractivity contribution in [1.29, 1.82) is 0 Å². The molecule has 3 rings (SSSR count). The molecule has 3 atom stereocenters. The van der Waals surface area contributed by atoms with E-state index in [1.54, 1.807) is 0 Å². The highest BCUT2D eigenvalue weighted by molar-refractivity contribution is 6.06. The van der Waals surface area contributed by atoms with Gasteiger partial charge in [-0.25, -0.2) is 0 Å². The summed E-state index contributed by atoms with van der Waals surface area (Å²) in [5, 5.41) is 0. The van der Waals surface area contributed by atoms with Gasteiger partial charge in [-0.15, -0.1) is 0 Å². The first-order valence-corrected chi connectivity index (χ1v) is 6.86. The van der Waals surface area contributed by atoms with Gasteiger partial charge in [-0.2, -0.15) is 0 Å². The smallest absolute Gasteiger partial charge is 0.320 e. The van der Waals surface area contributed by atoms with Crippen LogP contribution in [-0.2, 0) is 14.3 Å². The number of rotatable bonds is 0. The fourth-order valence-corrected chi connectivity index (χ4v) is 4.18. The zero-order valence-corrected chi connectivity index (χ0v) is 10.5. The van der Waals surface area contributed by atoms with Gasteiger partial charge in [0.15, 0.2) is 0 Å². The molecule has 3 nitrogen and oxygen atoms in total. The van der Waals surface area contributed by atoms with Gasteiger partial charge in [0.2, 0.25) is 0 Å². The predicted octanol–water partition coefficient (Wildman–Crippen LogP) is 2.62. The molecule has 3 fully saturated rings. The van der Waals surface area contributed by atoms with Crippen molar-refractivity contribution >= 4 is 11.8 Å². The normalized spacial score (nSPS) is 45.8. The lowest BCUT2D eigenvalue weighted by Crippen LogP contribution is -2.49. The maximum absolute atomic E-state index is 12.1. The molecule has 2 bridgehead atoms. The molecule has 0 N–H and O–H groups in total. The number of carbonyl (C=O) groups is 2. The van der Waals surface area contributed by atoms with E-state index < -0.39 is 5.41 Å². The monoisotopic (exact) mass is 236 g/mol. The zero-order chi connectivity index (χ0) is 12.1. The summed E-state index contributed by atoms with van der Waals surface area (Å²) in [6, 6.07) is 0. The number of Topliss-reactive ketones (excluding diaryl/α,β-unsaturated/α-hetero) is 1. The lowest BCUT2D eigenvalue weighted by Gasteiger charge is -2.42. The van der Waals surface area contributed by atoms with Gasteiger partial charge in [-0.3, -0.25) is 9.59 Å². The third-order valence-electron chi connectivity index (χ3n) is 5.25. The highest BCUT2D eigenvalue weighted by Gasteiger charge is 2.67. The molecular formula is C14H20O3. The van der Waals surface area contributed by atoms with Gasteiger partial charge >= 0.3 is 5.97 Å². The second kappa shape index (κ2) is 3.56. The van der Waals surface area contributed by atoms with Crippen molar-refractivity contribution in [2.24, 2.45) is 11.3 Å². The Morgan fingerprint density at radius 3 is 2.71 bits per heavy atom. The summed E-state index contributed by atoms with van der Waals surface area (Å²) >= 11 is 0. The summed E-state index contributed by atoms with van der Waals surface area (Å²) in [6.07, 6.45) is 7.96. The van der Waals surface area contributed by atoms with E-state index in [1.165, 1.54) is 12.8 Å². The van der Waals surface area contributed by atoms with Crippen LogP contribution in [0.4, 0.5) is 0 Å². The Morgan fingerprint density at radius 2 is 1.88 bits per heavy atom. The van der Waals surface area contributed by atoms with Crippen LogP contribution in [0.25, 0.3) is 0 Å². The van der Waals surface area contributed by atoms with E-state index in [0.717, 1.165) is 32.1 Å². The molecule has 0 unspecified atom stereocenters. The molecule has 1 heterocycles. The summed E-state index contributed by atoms with van der Waals surface area (Å²) in [4.78, 5) is 24.3. The van der Waals surface area contributed by atoms with Crippen molar-refractivity contribution in [1.82, 2.24) is 0 Å². The molecule has 17 heavy (non-hydrogen) atoms. The van der Waals surface area contributed by atoms with Crippen LogP contribution in [0, 0.1) is 11.3 Å². The first-order valence-electron chi connectivity index (χ1n) is 6.86. The highest BCUT2D eigenvalue weighted by atomic mass is 16.6. The van der Waals surface area contributed by atoms with Crippen molar-refractivity contribution in [2.75, 3.05) is 0 Å². The van der Waals surface area contributed by atoms with E-state index in [-0.39, 0.29) is 23.3 Å². The average Bonchev–Trinajstić information content (AvgIpc) is 2.41. The van der Waals surface area contributed by atoms with Crippen LogP contribution in [0.1, 0.15) is 58.3 Å². The third-order valence-corrected chi connectivity index (χ3v) is 5.25. The minimum Gasteiger partial charge on any atom is -0.458 e. The largest absolute Gasteiger partial charge is 0.458 e. The van der Waals surface area contributed by atoms with Crippen molar-refractivity contribution in [3.63, 3.8) is 0 Å². The zero-order valence-electron chi connectivity index (χ0n) is 10.5. The van der Waals surface area contributed by atoms with Crippen LogP contribution in [0.3, 0.4) is 0 Å². The Kier molecular flexibility index (Phi) is 2.36. The van der Waals surface area contributed by atoms with E-state index in [0.29, 0.717) is 6.42 Å². The average molecular weight is 236 g/mol. The van der Waals surface area contributed by atoms with Crippen molar-refractivity contribution < 1.29 is 14.3 Å². The number of ketones is 1. The minimum atomic E-state index is -0.824. The Balaban J connectivity index is 2.03. The molecule has 0 aromatic carbocycles. The number of esters is 1. The van der Waals surface area contributed by atoms with E-state index in [1.807, 2.05) is 6.92 Å². The van der Waals surface area contributed by atoms with Crippen LogP contribution in [0.15, 0.2) is 0 Å². The topological polar surface area (TPSA) is 43.4 Å². The second-order valence-electron chi connectivity index (χ2n) is 6.09. The molecule has 0 aromatic heterocycles. The lowest BCUT2D eigenvalue weighted by atomic mass is 9.59. The van der Waals surface area contributed by atoms with E-state index >= 15 is 0 Å². The summed E-state index contributed by atoms with van der Waals surface area (Å²) in [6.45, 7) is 1.82. The quantitative estimate of drug-likeness (QED) is 0.479. The van der Waals surface area contributed by atoms with Crippen LogP contribution >= 0.6 is 0 Å². The third kappa shape index (κ3) is 1.34. The van der Waals surface area contributed by atoms with Crippen LogP contribution in [0.5, 0.6) is 0 Å². The van der Waals surface area contributed by atoms with Crippen molar-refractivity contribution in [2.45, 2.75) is 63.9 Å². The molecule has 2 saturated carbocycles. The summed E-state index contributed by atoms with van der Waals surface area (Å²) in [7, 11) is 0. The Morgan fingerprint density at radius 1 is 1.12 bits per heavy atom. The minimum absolute atomic E-state index is 0.112. The number of ether oxygens (including phenoxy) is 1. The molecule has 0 amide bonds. The Bertz CT molecular complexity index is 376. The Labute approximate surface area is 102 Å². The SMILES string of the molecule is C[C@@]12C(=O)CC[C@]3(CCCCCC[C@H]31)OC2=O. The molecule has 1 aliphatic heterocycles. The maximum atomic E-state index is 12.1. The van der Waals surface area contributed by atoms with Crippen molar-refractivity contribution in [3.05, 3.63) is 0 Å². The molecule has 94 valence electrons. The fraction of sp³-hybridized carbons (Fsp3) is 0.857. The second-order valence-corrected chi connectivity index (χ2v) is 6.09. The van der Waals surface area contributed by atoms with Crippen LogP contribution in [-0.4, -0.2) is 17.4 Å². The molecule has 0 aromatic rings. The Hall–Kier alpha value is -0.860. The number of carbonyl (C=O) groups excluding carboxylic acids is 2. The maximum Gasteiger partial charge on any atom is 0.320 e. The number of hydrogen-bond acceptors (Lipinski definition) is 3. The fourth-order valence-electron chi connectivity index (χ4n) is 4.18. The van der Waals surface area contributed by atoms with Gasteiger partial charge in [0.05, 0.1) is 0 Å². The van der Waals surface area contributed by atoms with Gasteiger partial charge in [-0.1, -0.05) is 19.3 Å². The molecule has 3 aliphatic rings. The molecule has 0 spiro atoms. The van der Waals surface area contributed by atoms with Gasteiger partial charge in [0.25, 0.3) is 0 Å². The molecule has 2 aliphatic carbocycles. The summed E-state index contributed by atoms with van der Waals surface area (Å²) in [5.74, 6) is 0.0112. The first kappa shape index (κ1) is 11.2. The van der Waals surface area contributed by atoms with Crippen LogP contribution < -0.4 is 0 Å². The van der Waals surface area contributed by atoms with Gasteiger partial charge in [-0.05, 0) is 32.6 Å². The molecule has 0 radical (unpaired) electrons. The van der Waals surface area contributed by atoms with Gasteiger partial charge in [0, 0.05) is 12.3 Å². The van der Waals surface area contributed by atoms with Crippen LogP contribution in [0.2, 0.25) is 0 Å². The standard InChI is InChI=1S/C14H20O3/c1-13-10-6-4-2-3-5-8-14(10,17-12(13)16)9-7-11(13)15/h10H,2-9H2,1H3/t10-,13-,14-/m0/s1. The van der Waals surface area contributed by atoms with Gasteiger partial charge in [0.1, 0.15) is 16.8 Å².